The van der Waals surface area contributed by atoms with Gasteiger partial charge in [0.05, 0.1) is 21.7 Å². The van der Waals surface area contributed by atoms with E-state index in [9.17, 15) is 9.59 Å². The molecule has 4 rings (SSSR count). The molecule has 0 atom stereocenters. The number of para-hydroxylation sites is 1. The van der Waals surface area contributed by atoms with Crippen LogP contribution in [-0.4, -0.2) is 77.1 Å². The summed E-state index contributed by atoms with van der Waals surface area (Å²) in [5, 5.41) is 1.02. The zero-order chi connectivity index (χ0) is 24.2. The number of aromatic nitrogens is 1. The molecule has 7 nitrogen and oxygen atoms in total. The van der Waals surface area contributed by atoms with Gasteiger partial charge in [-0.1, -0.05) is 49.1 Å². The summed E-state index contributed by atoms with van der Waals surface area (Å²) in [6, 6.07) is 7.99. The molecule has 34 heavy (non-hydrogen) atoms. The number of thiocarbonyl (C=S) groups is 1. The highest BCUT2D eigenvalue weighted by Gasteiger charge is 2.33. The van der Waals surface area contributed by atoms with E-state index in [4.69, 9.17) is 17.0 Å². The number of likely N-dealkylation sites (N-methyl/N-ethyl adjacent to an activating group) is 1. The van der Waals surface area contributed by atoms with Gasteiger partial charge in [-0.3, -0.25) is 14.5 Å². The average Bonchev–Trinajstić information content (AvgIpc) is 3.12. The van der Waals surface area contributed by atoms with Crippen LogP contribution in [0.15, 0.2) is 34.0 Å². The van der Waals surface area contributed by atoms with Crippen molar-refractivity contribution in [2.45, 2.75) is 20.3 Å². The molecule has 2 fully saturated rings. The van der Waals surface area contributed by atoms with Crippen LogP contribution in [0.5, 0.6) is 0 Å². The van der Waals surface area contributed by atoms with Crippen molar-refractivity contribution >= 4 is 56.9 Å². The zero-order valence-electron chi connectivity index (χ0n) is 20.1. The second-order valence-electron chi connectivity index (χ2n) is 8.45. The minimum atomic E-state index is -0.136. The van der Waals surface area contributed by atoms with Crippen LogP contribution >= 0.6 is 24.0 Å². The van der Waals surface area contributed by atoms with Crippen LogP contribution in [0.4, 0.5) is 5.69 Å². The maximum atomic E-state index is 13.6. The van der Waals surface area contributed by atoms with E-state index in [1.54, 1.807) is 22.6 Å². The van der Waals surface area contributed by atoms with Crippen LogP contribution in [-0.2, 0) is 16.6 Å². The molecule has 1 aromatic carbocycles. The number of aryl methyl sites for hydroxylation is 1. The Kier molecular flexibility index (Phi) is 8.08. The molecule has 2 aliphatic rings. The molecule has 1 amide bonds. The number of ether oxygens (including phenoxy) is 1. The molecule has 0 aliphatic carbocycles. The normalized spacial score (nSPS) is 18.6. The Bertz CT molecular complexity index is 1170. The van der Waals surface area contributed by atoms with Crippen molar-refractivity contribution in [3.8, 4) is 0 Å². The van der Waals surface area contributed by atoms with Crippen molar-refractivity contribution in [1.82, 2.24) is 14.4 Å². The topological polar surface area (TPSA) is 58.0 Å². The summed E-state index contributed by atoms with van der Waals surface area (Å²) in [5.41, 5.74) is 2.26. The molecule has 0 unspecified atom stereocenters. The van der Waals surface area contributed by atoms with E-state index in [1.807, 2.05) is 25.1 Å². The number of carbonyl (C=O) groups excluding carboxylic acids is 1. The largest absolute Gasteiger partial charge is 0.382 e. The fraction of sp³-hybridized carbons (Fsp3) is 0.480. The number of hydrogen-bond donors (Lipinski definition) is 0. The maximum absolute atomic E-state index is 13.6. The Balaban J connectivity index is 1.74. The number of amides is 1. The maximum Gasteiger partial charge on any atom is 0.266 e. The Morgan fingerprint density at radius 1 is 1.12 bits per heavy atom. The second kappa shape index (κ2) is 11.0. The van der Waals surface area contributed by atoms with Gasteiger partial charge in [-0.15, -0.1) is 0 Å². The number of nitrogens with zero attached hydrogens (tertiary/aromatic N) is 4. The summed E-state index contributed by atoms with van der Waals surface area (Å²) in [6.07, 6.45) is 2.48. The van der Waals surface area contributed by atoms with Crippen LogP contribution in [0.3, 0.4) is 0 Å². The van der Waals surface area contributed by atoms with Gasteiger partial charge < -0.3 is 19.1 Å². The lowest BCUT2D eigenvalue weighted by Crippen LogP contribution is -2.47. The standard InChI is InChI=1S/C25H32N4O3S2/c1-4-27-12-14-28(15-13-27)22-18-9-6-7-10-20(18)26(3)23(30)19(22)17-21-24(31)29(25(33)34-21)11-8-16-32-5-2/h6-7,9-10,17H,4-5,8,11-16H2,1-3H3. The number of carbonyl (C=O) groups is 1. The Morgan fingerprint density at radius 2 is 1.85 bits per heavy atom. The third-order valence-electron chi connectivity index (χ3n) is 6.47. The number of anilines is 1. The molecule has 0 saturated carbocycles. The molecule has 2 aliphatic heterocycles. The van der Waals surface area contributed by atoms with E-state index in [-0.39, 0.29) is 11.5 Å². The molecule has 0 N–H and O–H groups in total. The first kappa shape index (κ1) is 24.9. The molecule has 182 valence electrons. The summed E-state index contributed by atoms with van der Waals surface area (Å²) < 4.78 is 7.61. The number of pyridine rings is 1. The van der Waals surface area contributed by atoms with Crippen LogP contribution < -0.4 is 10.5 Å². The molecule has 0 bridgehead atoms. The average molecular weight is 501 g/mol. The van der Waals surface area contributed by atoms with Crippen LogP contribution in [0.2, 0.25) is 0 Å². The van der Waals surface area contributed by atoms with Gasteiger partial charge in [0.15, 0.2) is 0 Å². The summed E-state index contributed by atoms with van der Waals surface area (Å²) in [7, 11) is 1.79. The van der Waals surface area contributed by atoms with Crippen molar-refractivity contribution in [3.05, 3.63) is 45.1 Å². The van der Waals surface area contributed by atoms with E-state index in [0.29, 0.717) is 34.5 Å². The molecular formula is C25H32N4O3S2. The fourth-order valence-electron chi connectivity index (χ4n) is 4.55. The van der Waals surface area contributed by atoms with Gasteiger partial charge in [0.2, 0.25) is 0 Å². The highest BCUT2D eigenvalue weighted by atomic mass is 32.2. The molecule has 1 aromatic heterocycles. The molecule has 2 aromatic rings. The Labute approximate surface area is 210 Å². The number of rotatable bonds is 8. The van der Waals surface area contributed by atoms with E-state index in [0.717, 1.165) is 55.7 Å². The van der Waals surface area contributed by atoms with E-state index >= 15 is 0 Å². The minimum Gasteiger partial charge on any atom is -0.382 e. The van der Waals surface area contributed by atoms with E-state index in [2.05, 4.69) is 22.8 Å². The highest BCUT2D eigenvalue weighted by molar-refractivity contribution is 8.26. The lowest BCUT2D eigenvalue weighted by atomic mass is 10.1. The number of piperazine rings is 1. The van der Waals surface area contributed by atoms with Gasteiger partial charge in [0.25, 0.3) is 11.5 Å². The van der Waals surface area contributed by atoms with Crippen molar-refractivity contribution in [1.29, 1.82) is 0 Å². The fourth-order valence-corrected chi connectivity index (χ4v) is 5.84. The number of benzene rings is 1. The van der Waals surface area contributed by atoms with Gasteiger partial charge in [0, 0.05) is 58.4 Å². The lowest BCUT2D eigenvalue weighted by Gasteiger charge is -2.37. The van der Waals surface area contributed by atoms with Crippen molar-refractivity contribution in [2.24, 2.45) is 7.05 Å². The quantitative estimate of drug-likeness (QED) is 0.313. The van der Waals surface area contributed by atoms with Crippen LogP contribution in [0.25, 0.3) is 17.0 Å². The molecule has 2 saturated heterocycles. The lowest BCUT2D eigenvalue weighted by molar-refractivity contribution is -0.122. The third-order valence-corrected chi connectivity index (χ3v) is 7.85. The smallest absolute Gasteiger partial charge is 0.266 e. The first-order valence-electron chi connectivity index (χ1n) is 11.9. The van der Waals surface area contributed by atoms with Gasteiger partial charge in [-0.25, -0.2) is 0 Å². The minimum absolute atomic E-state index is 0.103. The summed E-state index contributed by atoms with van der Waals surface area (Å²) in [4.78, 5) is 33.6. The first-order chi connectivity index (χ1) is 16.5. The van der Waals surface area contributed by atoms with Crippen molar-refractivity contribution < 1.29 is 9.53 Å². The molecule has 0 spiro atoms. The molecular weight excluding hydrogens is 468 g/mol. The van der Waals surface area contributed by atoms with E-state index in [1.165, 1.54) is 11.8 Å². The SMILES string of the molecule is CCOCCCN1C(=O)C(=Cc2c(N3CCN(CC)CC3)c3ccccc3n(C)c2=O)SC1=S. The monoisotopic (exact) mass is 500 g/mol. The van der Waals surface area contributed by atoms with Crippen molar-refractivity contribution in [2.75, 3.05) is 57.4 Å². The predicted octanol–water partition coefficient (Wildman–Crippen LogP) is 3.31. The molecule has 0 radical (unpaired) electrons. The summed E-state index contributed by atoms with van der Waals surface area (Å²) in [6.45, 7) is 10.5. The van der Waals surface area contributed by atoms with Crippen LogP contribution in [0.1, 0.15) is 25.8 Å². The Morgan fingerprint density at radius 3 is 2.56 bits per heavy atom. The summed E-state index contributed by atoms with van der Waals surface area (Å²) in [5.74, 6) is -0.136. The Hall–Kier alpha value is -2.20. The summed E-state index contributed by atoms with van der Waals surface area (Å²) >= 11 is 6.77. The first-order valence-corrected chi connectivity index (χ1v) is 13.1. The highest BCUT2D eigenvalue weighted by Crippen LogP contribution is 2.36. The third kappa shape index (κ3) is 4.93. The molecule has 3 heterocycles. The van der Waals surface area contributed by atoms with Gasteiger partial charge in [0.1, 0.15) is 4.32 Å². The second-order valence-corrected chi connectivity index (χ2v) is 10.1. The van der Waals surface area contributed by atoms with Crippen molar-refractivity contribution in [3.63, 3.8) is 0 Å². The van der Waals surface area contributed by atoms with Gasteiger partial charge >= 0.3 is 0 Å². The number of hydrogen-bond acceptors (Lipinski definition) is 7. The number of thioether (sulfide) groups is 1. The predicted molar refractivity (Wildman–Crippen MR) is 145 cm³/mol. The van der Waals surface area contributed by atoms with E-state index < -0.39 is 0 Å². The van der Waals surface area contributed by atoms with Crippen LogP contribution in [0, 0.1) is 0 Å². The van der Waals surface area contributed by atoms with Gasteiger partial charge in [-0.2, -0.15) is 0 Å². The molecule has 9 heteroatoms. The zero-order valence-corrected chi connectivity index (χ0v) is 21.7. The van der Waals surface area contributed by atoms with Gasteiger partial charge in [-0.05, 0) is 32.0 Å². The number of fused-ring (bicyclic) bond motifs is 1.